The number of esters is 1. The monoisotopic (exact) mass is 446 g/mol. The third kappa shape index (κ3) is 3.53. The van der Waals surface area contributed by atoms with E-state index in [4.69, 9.17) is 9.47 Å². The molecule has 7 heteroatoms. The van der Waals surface area contributed by atoms with Crippen LogP contribution in [0, 0.1) is 11.8 Å². The molecule has 2 bridgehead atoms. The maximum absolute atomic E-state index is 13.7. The average molecular weight is 447 g/mol. The predicted octanol–water partition coefficient (Wildman–Crippen LogP) is 2.22. The van der Waals surface area contributed by atoms with E-state index in [2.05, 4.69) is 5.32 Å². The van der Waals surface area contributed by atoms with Gasteiger partial charge in [-0.3, -0.25) is 14.4 Å². The maximum atomic E-state index is 13.7. The van der Waals surface area contributed by atoms with E-state index in [1.807, 2.05) is 60.7 Å². The van der Waals surface area contributed by atoms with Crippen LogP contribution < -0.4 is 5.32 Å². The van der Waals surface area contributed by atoms with Crippen LogP contribution in [0.5, 0.6) is 0 Å². The Balaban J connectivity index is 1.48. The van der Waals surface area contributed by atoms with Gasteiger partial charge >= 0.3 is 5.97 Å². The largest absolute Gasteiger partial charge is 0.466 e. The van der Waals surface area contributed by atoms with Crippen molar-refractivity contribution in [2.45, 2.75) is 37.8 Å². The van der Waals surface area contributed by atoms with Crippen LogP contribution >= 0.6 is 0 Å². The highest BCUT2D eigenvalue weighted by Gasteiger charge is 2.73. The highest BCUT2D eigenvalue weighted by atomic mass is 16.6. The van der Waals surface area contributed by atoms with E-state index in [9.17, 15) is 14.4 Å². The third-order valence-electron chi connectivity index (χ3n) is 6.69. The number of nitrogens with one attached hydrogen (secondary N) is 1. The van der Waals surface area contributed by atoms with Gasteiger partial charge < -0.3 is 19.7 Å². The predicted molar refractivity (Wildman–Crippen MR) is 119 cm³/mol. The van der Waals surface area contributed by atoms with E-state index in [0.717, 1.165) is 11.1 Å². The van der Waals surface area contributed by atoms with E-state index in [1.54, 1.807) is 24.0 Å². The van der Waals surface area contributed by atoms with Crippen molar-refractivity contribution >= 4 is 17.8 Å². The zero-order valence-corrected chi connectivity index (χ0v) is 18.3. The van der Waals surface area contributed by atoms with E-state index < -0.39 is 35.6 Å². The number of amides is 2. The van der Waals surface area contributed by atoms with Crippen molar-refractivity contribution in [3.8, 4) is 0 Å². The summed E-state index contributed by atoms with van der Waals surface area (Å²) in [6.45, 7) is 2.53. The van der Waals surface area contributed by atoms with Crippen LogP contribution in [0.3, 0.4) is 0 Å². The minimum absolute atomic E-state index is 0.217. The maximum Gasteiger partial charge on any atom is 0.312 e. The number of fused-ring (bicyclic) bond motifs is 1. The number of rotatable bonds is 7. The molecule has 5 rings (SSSR count). The molecule has 0 saturated carbocycles. The molecule has 0 radical (unpaired) electrons. The second kappa shape index (κ2) is 8.48. The standard InChI is InChI=1S/C26H26N2O5/c1-2-32-25(31)20-19-13-14-26(33-19)21(20)24(30)28(16-18-11-7-4-8-12-18)22(26)23(29)27-15-17-9-5-3-6-10-17/h3-14,19-22H,2,15-16H2,1H3,(H,27,29)/t19-,20+,21+,22-,26+/m0/s1. The Morgan fingerprint density at radius 2 is 1.73 bits per heavy atom. The van der Waals surface area contributed by atoms with Crippen LogP contribution in [-0.4, -0.2) is 47.0 Å². The highest BCUT2D eigenvalue weighted by Crippen LogP contribution is 2.55. The summed E-state index contributed by atoms with van der Waals surface area (Å²) in [5.41, 5.74) is 0.666. The lowest BCUT2D eigenvalue weighted by Crippen LogP contribution is -2.54. The fourth-order valence-corrected chi connectivity index (χ4v) is 5.31. The second-order valence-corrected chi connectivity index (χ2v) is 8.61. The van der Waals surface area contributed by atoms with Crippen LogP contribution in [0.1, 0.15) is 18.1 Å². The minimum atomic E-state index is -1.19. The Kier molecular flexibility index (Phi) is 5.50. The van der Waals surface area contributed by atoms with E-state index >= 15 is 0 Å². The van der Waals surface area contributed by atoms with Crippen LogP contribution in [-0.2, 0) is 36.9 Å². The summed E-state index contributed by atoms with van der Waals surface area (Å²) in [6, 6.07) is 18.2. The number of hydrogen-bond acceptors (Lipinski definition) is 5. The number of likely N-dealkylation sites (tertiary alicyclic amines) is 1. The molecule has 170 valence electrons. The molecule has 2 aromatic carbocycles. The molecule has 2 amide bonds. The summed E-state index contributed by atoms with van der Waals surface area (Å²) in [4.78, 5) is 41.6. The van der Waals surface area contributed by atoms with Crippen molar-refractivity contribution in [1.29, 1.82) is 0 Å². The molecule has 33 heavy (non-hydrogen) atoms. The lowest BCUT2D eigenvalue weighted by Gasteiger charge is -2.32. The van der Waals surface area contributed by atoms with Crippen LogP contribution in [0.2, 0.25) is 0 Å². The van der Waals surface area contributed by atoms with E-state index in [-0.39, 0.29) is 25.0 Å². The van der Waals surface area contributed by atoms with Crippen molar-refractivity contribution in [2.24, 2.45) is 11.8 Å². The average Bonchev–Trinajstić information content (AvgIpc) is 3.47. The first-order chi connectivity index (χ1) is 16.0. The van der Waals surface area contributed by atoms with Gasteiger partial charge in [-0.2, -0.15) is 0 Å². The first-order valence-electron chi connectivity index (χ1n) is 11.2. The summed E-state index contributed by atoms with van der Waals surface area (Å²) in [5, 5.41) is 2.97. The van der Waals surface area contributed by atoms with Gasteiger partial charge in [0.2, 0.25) is 11.8 Å². The van der Waals surface area contributed by atoms with Crippen molar-refractivity contribution in [2.75, 3.05) is 6.61 Å². The van der Waals surface area contributed by atoms with Gasteiger partial charge in [-0.25, -0.2) is 0 Å². The minimum Gasteiger partial charge on any atom is -0.466 e. The lowest BCUT2D eigenvalue weighted by atomic mass is 9.74. The third-order valence-corrected chi connectivity index (χ3v) is 6.69. The molecular formula is C26H26N2O5. The summed E-state index contributed by atoms with van der Waals surface area (Å²) >= 11 is 0. The first kappa shape index (κ1) is 21.4. The summed E-state index contributed by atoms with van der Waals surface area (Å²) < 4.78 is 11.5. The number of nitrogens with zero attached hydrogens (tertiary/aromatic N) is 1. The molecular weight excluding hydrogens is 420 g/mol. The van der Waals surface area contributed by atoms with Gasteiger partial charge in [0.1, 0.15) is 17.6 Å². The topological polar surface area (TPSA) is 84.9 Å². The number of benzene rings is 2. The van der Waals surface area contributed by atoms with Crippen molar-refractivity contribution in [1.82, 2.24) is 10.2 Å². The molecule has 3 aliphatic heterocycles. The molecule has 1 N–H and O–H groups in total. The Labute approximate surface area is 192 Å². The molecule has 0 unspecified atom stereocenters. The number of hydrogen-bond donors (Lipinski definition) is 1. The van der Waals surface area contributed by atoms with E-state index in [0.29, 0.717) is 6.54 Å². The van der Waals surface area contributed by atoms with Gasteiger partial charge in [0, 0.05) is 13.1 Å². The smallest absolute Gasteiger partial charge is 0.312 e. The molecule has 3 aliphatic rings. The Bertz CT molecular complexity index is 1090. The van der Waals surface area contributed by atoms with Crippen LogP contribution in [0.15, 0.2) is 72.8 Å². The molecule has 2 saturated heterocycles. The van der Waals surface area contributed by atoms with Gasteiger partial charge in [0.05, 0.1) is 18.6 Å². The molecule has 1 spiro atoms. The summed E-state index contributed by atoms with van der Waals surface area (Å²) in [5.74, 6) is -2.57. The lowest BCUT2D eigenvalue weighted by molar-refractivity contribution is -0.153. The fourth-order valence-electron chi connectivity index (χ4n) is 5.31. The Morgan fingerprint density at radius 3 is 2.39 bits per heavy atom. The van der Waals surface area contributed by atoms with Crippen LogP contribution in [0.25, 0.3) is 0 Å². The molecule has 2 aromatic rings. The zero-order valence-electron chi connectivity index (χ0n) is 18.3. The van der Waals surface area contributed by atoms with Crippen molar-refractivity contribution in [3.63, 3.8) is 0 Å². The van der Waals surface area contributed by atoms with Gasteiger partial charge in [-0.1, -0.05) is 72.8 Å². The normalized spacial score (nSPS) is 29.2. The Hall–Kier alpha value is -3.45. The van der Waals surface area contributed by atoms with Crippen LogP contribution in [0.4, 0.5) is 0 Å². The number of ether oxygens (including phenoxy) is 2. The summed E-state index contributed by atoms with van der Waals surface area (Å²) in [7, 11) is 0. The van der Waals surface area contributed by atoms with Gasteiger partial charge in [-0.15, -0.1) is 0 Å². The zero-order chi connectivity index (χ0) is 23.0. The fraction of sp³-hybridized carbons (Fsp3) is 0.346. The number of carbonyl (C=O) groups excluding carboxylic acids is 3. The highest BCUT2D eigenvalue weighted by molar-refractivity contribution is 5.99. The quantitative estimate of drug-likeness (QED) is 0.521. The van der Waals surface area contributed by atoms with Gasteiger partial charge in [-0.05, 0) is 18.1 Å². The van der Waals surface area contributed by atoms with Gasteiger partial charge in [0.25, 0.3) is 0 Å². The van der Waals surface area contributed by atoms with Crippen molar-refractivity contribution < 1.29 is 23.9 Å². The molecule has 5 atom stereocenters. The first-order valence-corrected chi connectivity index (χ1v) is 11.2. The molecule has 2 fully saturated rings. The Morgan fingerprint density at radius 1 is 1.06 bits per heavy atom. The number of carbonyl (C=O) groups is 3. The van der Waals surface area contributed by atoms with E-state index in [1.165, 1.54) is 0 Å². The molecule has 3 heterocycles. The van der Waals surface area contributed by atoms with Gasteiger partial charge in [0.15, 0.2) is 0 Å². The van der Waals surface area contributed by atoms with Crippen molar-refractivity contribution in [3.05, 3.63) is 83.9 Å². The SMILES string of the molecule is CCOC(=O)[C@@H]1[C@@H]2C=C[C@]3(O2)[C@H](C(=O)NCc2ccccc2)N(Cc2ccccc2)C(=O)[C@@H]13. The molecule has 0 aromatic heterocycles. The molecule has 7 nitrogen and oxygen atoms in total. The molecule has 0 aliphatic carbocycles. The second-order valence-electron chi connectivity index (χ2n) is 8.61. The summed E-state index contributed by atoms with van der Waals surface area (Å²) in [6.07, 6.45) is 3.02.